The van der Waals surface area contributed by atoms with Gasteiger partial charge in [0.1, 0.15) is 5.03 Å². The molecule has 1 nitrogen and oxygen atoms in total. The first-order valence-electron chi connectivity index (χ1n) is 3.18. The van der Waals surface area contributed by atoms with Crippen LogP contribution >= 0.6 is 23.4 Å². The summed E-state index contributed by atoms with van der Waals surface area (Å²) in [5.41, 5.74) is 0. The van der Waals surface area contributed by atoms with Gasteiger partial charge in [-0.05, 0) is 11.8 Å². The highest BCUT2D eigenvalue weighted by Gasteiger charge is 2.02. The summed E-state index contributed by atoms with van der Waals surface area (Å²) >= 11 is 6.87. The van der Waals surface area contributed by atoms with Gasteiger partial charge in [0.25, 0.3) is 0 Å². The van der Waals surface area contributed by atoms with E-state index in [4.69, 9.17) is 11.6 Å². The van der Waals surface area contributed by atoms with Crippen LogP contribution in [-0.2, 0) is 0 Å². The van der Waals surface area contributed by atoms with Gasteiger partial charge in [-0.1, -0.05) is 18.5 Å². The maximum absolute atomic E-state index is 12.9. The molecule has 4 heteroatoms. The van der Waals surface area contributed by atoms with Crippen LogP contribution in [0.5, 0.6) is 0 Å². The lowest BCUT2D eigenvalue weighted by molar-refractivity contribution is 0.588. The van der Waals surface area contributed by atoms with Gasteiger partial charge in [0.15, 0.2) is 5.82 Å². The van der Waals surface area contributed by atoms with Crippen molar-refractivity contribution in [2.24, 2.45) is 0 Å². The van der Waals surface area contributed by atoms with Crippen LogP contribution in [0.4, 0.5) is 4.39 Å². The van der Waals surface area contributed by atoms with Crippen LogP contribution in [0.15, 0.2) is 17.3 Å². The van der Waals surface area contributed by atoms with Crippen LogP contribution < -0.4 is 0 Å². The largest absolute Gasteiger partial charge is 0.245 e. The second kappa shape index (κ2) is 3.93. The second-order valence-electron chi connectivity index (χ2n) is 1.87. The molecule has 60 valence electrons. The Morgan fingerprint density at radius 1 is 1.73 bits per heavy atom. The van der Waals surface area contributed by atoms with Gasteiger partial charge < -0.3 is 0 Å². The normalized spacial score (nSPS) is 10.1. The number of rotatable bonds is 2. The predicted molar refractivity (Wildman–Crippen MR) is 45.6 cm³/mol. The second-order valence-corrected chi connectivity index (χ2v) is 3.56. The molecule has 1 aromatic rings. The van der Waals surface area contributed by atoms with E-state index in [-0.39, 0.29) is 5.82 Å². The van der Waals surface area contributed by atoms with Gasteiger partial charge in [0.05, 0.1) is 5.02 Å². The fraction of sp³-hybridized carbons (Fsp3) is 0.286. The van der Waals surface area contributed by atoms with Crippen molar-refractivity contribution in [2.45, 2.75) is 11.9 Å². The highest BCUT2D eigenvalue weighted by molar-refractivity contribution is 7.99. The topological polar surface area (TPSA) is 12.9 Å². The fourth-order valence-electron chi connectivity index (χ4n) is 0.645. The smallest absolute Gasteiger partial charge is 0.156 e. The molecule has 0 saturated carbocycles. The molecule has 1 heterocycles. The summed E-state index contributed by atoms with van der Waals surface area (Å²) < 4.78 is 12.9. The molecule has 0 aliphatic rings. The first-order chi connectivity index (χ1) is 5.24. The zero-order valence-corrected chi connectivity index (χ0v) is 7.55. The minimum Gasteiger partial charge on any atom is -0.245 e. The van der Waals surface area contributed by atoms with Crippen molar-refractivity contribution in [3.05, 3.63) is 23.1 Å². The van der Waals surface area contributed by atoms with Gasteiger partial charge in [-0.25, -0.2) is 9.37 Å². The molecule has 0 saturated heterocycles. The summed E-state index contributed by atoms with van der Waals surface area (Å²) in [7, 11) is 0. The first-order valence-corrected chi connectivity index (χ1v) is 4.54. The molecule has 0 spiro atoms. The molecular formula is C7H7ClFNS. The molecule has 0 unspecified atom stereocenters. The summed E-state index contributed by atoms with van der Waals surface area (Å²) in [6, 6.07) is 1.27. The average Bonchev–Trinajstić information content (AvgIpc) is 1.95. The standard InChI is InChI=1S/C7H7ClFNS/c1-2-11-7-6(9)3-5(8)4-10-7/h3-4H,2H2,1H3. The van der Waals surface area contributed by atoms with E-state index >= 15 is 0 Å². The number of pyridine rings is 1. The molecule has 0 aliphatic heterocycles. The number of aromatic nitrogens is 1. The summed E-state index contributed by atoms with van der Waals surface area (Å²) in [5.74, 6) is 0.468. The van der Waals surface area contributed by atoms with Crippen molar-refractivity contribution in [2.75, 3.05) is 5.75 Å². The zero-order chi connectivity index (χ0) is 8.27. The number of halogens is 2. The van der Waals surface area contributed by atoms with Crippen molar-refractivity contribution in [1.82, 2.24) is 4.98 Å². The van der Waals surface area contributed by atoms with E-state index in [0.29, 0.717) is 10.0 Å². The third-order valence-electron chi connectivity index (χ3n) is 1.06. The van der Waals surface area contributed by atoms with Crippen LogP contribution in [-0.4, -0.2) is 10.7 Å². The Morgan fingerprint density at radius 2 is 2.45 bits per heavy atom. The number of hydrogen-bond acceptors (Lipinski definition) is 2. The van der Waals surface area contributed by atoms with Crippen molar-refractivity contribution >= 4 is 23.4 Å². The molecule has 0 aliphatic carbocycles. The number of thioether (sulfide) groups is 1. The molecule has 1 aromatic heterocycles. The Balaban J connectivity index is 2.90. The van der Waals surface area contributed by atoms with Gasteiger partial charge in [-0.3, -0.25) is 0 Å². The Labute approximate surface area is 74.0 Å². The zero-order valence-electron chi connectivity index (χ0n) is 5.97. The van der Waals surface area contributed by atoms with E-state index in [9.17, 15) is 4.39 Å². The van der Waals surface area contributed by atoms with Gasteiger partial charge in [-0.2, -0.15) is 0 Å². The average molecular weight is 192 g/mol. The third-order valence-corrected chi connectivity index (χ3v) is 2.12. The Kier molecular flexibility index (Phi) is 3.15. The highest BCUT2D eigenvalue weighted by atomic mass is 35.5. The molecule has 0 radical (unpaired) electrons. The molecule has 0 N–H and O–H groups in total. The Bertz CT molecular complexity index is 254. The maximum Gasteiger partial charge on any atom is 0.156 e. The molecule has 0 aromatic carbocycles. The summed E-state index contributed by atoms with van der Waals surface area (Å²) in [6.45, 7) is 1.94. The van der Waals surface area contributed by atoms with E-state index in [0.717, 1.165) is 5.75 Å². The van der Waals surface area contributed by atoms with Crippen molar-refractivity contribution in [1.29, 1.82) is 0 Å². The summed E-state index contributed by atoms with van der Waals surface area (Å²) in [4.78, 5) is 3.82. The lowest BCUT2D eigenvalue weighted by atomic mass is 10.5. The summed E-state index contributed by atoms with van der Waals surface area (Å²) in [5, 5.41) is 0.750. The maximum atomic E-state index is 12.9. The lowest BCUT2D eigenvalue weighted by Gasteiger charge is -1.98. The molecular weight excluding hydrogens is 185 g/mol. The van der Waals surface area contributed by atoms with E-state index in [2.05, 4.69) is 4.98 Å². The molecule has 1 rings (SSSR count). The Morgan fingerprint density at radius 3 is 3.00 bits per heavy atom. The van der Waals surface area contributed by atoms with E-state index in [1.807, 2.05) is 6.92 Å². The van der Waals surface area contributed by atoms with Gasteiger partial charge in [0.2, 0.25) is 0 Å². The first kappa shape index (κ1) is 8.81. The van der Waals surface area contributed by atoms with Crippen molar-refractivity contribution in [3.8, 4) is 0 Å². The Hall–Kier alpha value is -0.280. The van der Waals surface area contributed by atoms with E-state index < -0.39 is 0 Å². The molecule has 0 atom stereocenters. The van der Waals surface area contributed by atoms with E-state index in [1.165, 1.54) is 24.0 Å². The third kappa shape index (κ3) is 2.34. The van der Waals surface area contributed by atoms with E-state index in [1.54, 1.807) is 0 Å². The molecule has 0 bridgehead atoms. The minimum atomic E-state index is -0.343. The monoisotopic (exact) mass is 191 g/mol. The highest BCUT2D eigenvalue weighted by Crippen LogP contribution is 2.20. The van der Waals surface area contributed by atoms with Gasteiger partial charge >= 0.3 is 0 Å². The van der Waals surface area contributed by atoms with Crippen molar-refractivity contribution in [3.63, 3.8) is 0 Å². The number of nitrogens with zero attached hydrogens (tertiary/aromatic N) is 1. The van der Waals surface area contributed by atoms with Gasteiger partial charge in [0, 0.05) is 6.20 Å². The molecule has 0 amide bonds. The summed E-state index contributed by atoms with van der Waals surface area (Å²) in [6.07, 6.45) is 1.45. The lowest BCUT2D eigenvalue weighted by Crippen LogP contribution is -1.85. The fourth-order valence-corrected chi connectivity index (χ4v) is 1.39. The van der Waals surface area contributed by atoms with Crippen LogP contribution in [0.3, 0.4) is 0 Å². The van der Waals surface area contributed by atoms with Crippen LogP contribution in [0, 0.1) is 5.82 Å². The minimum absolute atomic E-state index is 0.336. The predicted octanol–water partition coefficient (Wildman–Crippen LogP) is 2.99. The quantitative estimate of drug-likeness (QED) is 0.667. The van der Waals surface area contributed by atoms with Crippen LogP contribution in [0.2, 0.25) is 5.02 Å². The van der Waals surface area contributed by atoms with Crippen molar-refractivity contribution < 1.29 is 4.39 Å². The molecule has 11 heavy (non-hydrogen) atoms. The van der Waals surface area contributed by atoms with Gasteiger partial charge in [-0.15, -0.1) is 11.8 Å². The van der Waals surface area contributed by atoms with Crippen LogP contribution in [0.1, 0.15) is 6.92 Å². The number of hydrogen-bond donors (Lipinski definition) is 0. The van der Waals surface area contributed by atoms with Crippen LogP contribution in [0.25, 0.3) is 0 Å². The molecule has 0 fully saturated rings. The SMILES string of the molecule is CCSc1ncc(Cl)cc1F.